The first kappa shape index (κ1) is 18.1. The Kier molecular flexibility index (Phi) is 4.70. The van der Waals surface area contributed by atoms with Crippen LogP contribution in [0.15, 0.2) is 42.5 Å². The van der Waals surface area contributed by atoms with E-state index in [0.717, 1.165) is 49.2 Å². The molecule has 1 heterocycles. The maximum absolute atomic E-state index is 13.8. The molecule has 1 aliphatic heterocycles. The Morgan fingerprint density at radius 2 is 1.78 bits per heavy atom. The van der Waals surface area contributed by atoms with Gasteiger partial charge in [0, 0.05) is 11.0 Å². The number of halogens is 2. The lowest BCUT2D eigenvalue weighted by Crippen LogP contribution is -2.48. The summed E-state index contributed by atoms with van der Waals surface area (Å²) in [5, 5.41) is 17.2. The average Bonchev–Trinajstić information content (AvgIpc) is 2.89. The fourth-order valence-corrected chi connectivity index (χ4v) is 4.55. The van der Waals surface area contributed by atoms with Crippen molar-refractivity contribution >= 4 is 5.91 Å². The zero-order valence-corrected chi connectivity index (χ0v) is 14.8. The number of piperidine rings is 1. The van der Waals surface area contributed by atoms with Crippen LogP contribution in [-0.4, -0.2) is 30.2 Å². The predicted molar refractivity (Wildman–Crippen MR) is 97.2 cm³/mol. The lowest BCUT2D eigenvalue weighted by atomic mass is 9.72. The average molecular weight is 372 g/mol. The molecule has 3 N–H and O–H groups in total. The SMILES string of the molecule is O=C(Cc1c(F)cccc1F)N[C@@H]1c2ccccc2C2(CCNCC2)[C@H]1O. The first-order chi connectivity index (χ1) is 13.0. The summed E-state index contributed by atoms with van der Waals surface area (Å²) in [6, 6.07) is 10.7. The number of aliphatic hydroxyl groups excluding tert-OH is 1. The number of carbonyl (C=O) groups is 1. The van der Waals surface area contributed by atoms with Crippen LogP contribution in [0.4, 0.5) is 8.78 Å². The van der Waals surface area contributed by atoms with Crippen LogP contribution >= 0.6 is 0 Å². The third-order valence-corrected chi connectivity index (χ3v) is 5.93. The van der Waals surface area contributed by atoms with E-state index in [4.69, 9.17) is 0 Å². The van der Waals surface area contributed by atoms with Gasteiger partial charge in [0.1, 0.15) is 11.6 Å². The molecule has 2 aliphatic rings. The van der Waals surface area contributed by atoms with Crippen molar-refractivity contribution in [2.24, 2.45) is 0 Å². The van der Waals surface area contributed by atoms with E-state index >= 15 is 0 Å². The minimum atomic E-state index is -0.772. The lowest BCUT2D eigenvalue weighted by Gasteiger charge is -2.38. The molecule has 1 aliphatic carbocycles. The molecule has 1 fully saturated rings. The quantitative estimate of drug-likeness (QED) is 0.775. The second kappa shape index (κ2) is 7.02. The number of amides is 1. The standard InChI is InChI=1S/C21H22F2N2O2/c22-16-6-3-7-17(23)14(16)12-18(26)25-19-13-4-1-2-5-15(13)21(20(19)27)8-10-24-11-9-21/h1-7,19-20,24,27H,8-12H2,(H,25,26)/t19-,20+/m1/s1. The normalized spacial score (nSPS) is 23.2. The van der Waals surface area contributed by atoms with Gasteiger partial charge in [0.05, 0.1) is 18.6 Å². The molecule has 6 heteroatoms. The van der Waals surface area contributed by atoms with Crippen molar-refractivity contribution in [2.45, 2.75) is 36.8 Å². The van der Waals surface area contributed by atoms with Gasteiger partial charge >= 0.3 is 0 Å². The van der Waals surface area contributed by atoms with Crippen molar-refractivity contribution < 1.29 is 18.7 Å². The summed E-state index contributed by atoms with van der Waals surface area (Å²) in [7, 11) is 0. The van der Waals surface area contributed by atoms with E-state index < -0.39 is 41.5 Å². The molecule has 2 aromatic rings. The van der Waals surface area contributed by atoms with Crippen molar-refractivity contribution in [3.63, 3.8) is 0 Å². The summed E-state index contributed by atoms with van der Waals surface area (Å²) >= 11 is 0. The number of benzene rings is 2. The van der Waals surface area contributed by atoms with Crippen LogP contribution in [0.5, 0.6) is 0 Å². The Bertz CT molecular complexity index is 845. The fraction of sp³-hybridized carbons (Fsp3) is 0.381. The molecule has 1 amide bonds. The number of fused-ring (bicyclic) bond motifs is 2. The van der Waals surface area contributed by atoms with Crippen LogP contribution in [0.3, 0.4) is 0 Å². The van der Waals surface area contributed by atoms with Crippen molar-refractivity contribution in [3.05, 3.63) is 70.8 Å². The van der Waals surface area contributed by atoms with Gasteiger partial charge in [-0.3, -0.25) is 4.79 Å². The summed E-state index contributed by atoms with van der Waals surface area (Å²) in [5.74, 6) is -2.00. The van der Waals surface area contributed by atoms with Crippen molar-refractivity contribution in [1.29, 1.82) is 0 Å². The molecule has 2 atom stereocenters. The van der Waals surface area contributed by atoms with E-state index in [1.165, 1.54) is 6.07 Å². The Balaban J connectivity index is 1.60. The molecule has 1 spiro atoms. The number of rotatable bonds is 3. The molecule has 2 aromatic carbocycles. The summed E-state index contributed by atoms with van der Waals surface area (Å²) in [4.78, 5) is 12.5. The third kappa shape index (κ3) is 3.03. The van der Waals surface area contributed by atoms with E-state index in [0.29, 0.717) is 0 Å². The summed E-state index contributed by atoms with van der Waals surface area (Å²) < 4.78 is 27.7. The van der Waals surface area contributed by atoms with Crippen LogP contribution < -0.4 is 10.6 Å². The summed E-state index contributed by atoms with van der Waals surface area (Å²) in [5.41, 5.74) is 1.28. The van der Waals surface area contributed by atoms with Crippen LogP contribution in [0.25, 0.3) is 0 Å². The molecule has 0 aromatic heterocycles. The number of carbonyl (C=O) groups excluding carboxylic acids is 1. The largest absolute Gasteiger partial charge is 0.390 e. The second-order valence-electron chi connectivity index (χ2n) is 7.36. The van der Waals surface area contributed by atoms with Crippen LogP contribution in [0.1, 0.15) is 35.6 Å². The highest BCUT2D eigenvalue weighted by Crippen LogP contribution is 2.49. The van der Waals surface area contributed by atoms with Gasteiger partial charge in [-0.15, -0.1) is 0 Å². The second-order valence-corrected chi connectivity index (χ2v) is 7.36. The summed E-state index contributed by atoms with van der Waals surface area (Å²) in [6.07, 6.45) is 0.378. The molecule has 0 radical (unpaired) electrons. The van der Waals surface area contributed by atoms with Crippen molar-refractivity contribution in [1.82, 2.24) is 10.6 Å². The molecule has 0 saturated carbocycles. The van der Waals surface area contributed by atoms with Gasteiger partial charge in [0.15, 0.2) is 0 Å². The van der Waals surface area contributed by atoms with E-state index in [1.54, 1.807) is 0 Å². The molecule has 0 bridgehead atoms. The van der Waals surface area contributed by atoms with Gasteiger partial charge in [-0.25, -0.2) is 8.78 Å². The van der Waals surface area contributed by atoms with Gasteiger partial charge in [-0.05, 0) is 49.2 Å². The fourth-order valence-electron chi connectivity index (χ4n) is 4.55. The first-order valence-electron chi connectivity index (χ1n) is 9.23. The third-order valence-electron chi connectivity index (χ3n) is 5.93. The maximum Gasteiger partial charge on any atom is 0.225 e. The maximum atomic E-state index is 13.8. The predicted octanol–water partition coefficient (Wildman–Crippen LogP) is 2.36. The number of hydrogen-bond acceptors (Lipinski definition) is 3. The monoisotopic (exact) mass is 372 g/mol. The number of aliphatic hydroxyl groups is 1. The van der Waals surface area contributed by atoms with E-state index in [1.807, 2.05) is 24.3 Å². The van der Waals surface area contributed by atoms with Gasteiger partial charge in [0.2, 0.25) is 5.91 Å². The first-order valence-corrected chi connectivity index (χ1v) is 9.23. The number of nitrogens with one attached hydrogen (secondary N) is 2. The smallest absolute Gasteiger partial charge is 0.225 e. The molecule has 27 heavy (non-hydrogen) atoms. The minimum absolute atomic E-state index is 0.257. The Hall–Kier alpha value is -2.31. The summed E-state index contributed by atoms with van der Waals surface area (Å²) in [6.45, 7) is 1.60. The molecular formula is C21H22F2N2O2. The Morgan fingerprint density at radius 3 is 2.48 bits per heavy atom. The van der Waals surface area contributed by atoms with E-state index in [-0.39, 0.29) is 5.56 Å². The number of hydrogen-bond donors (Lipinski definition) is 3. The minimum Gasteiger partial charge on any atom is -0.390 e. The Morgan fingerprint density at radius 1 is 1.11 bits per heavy atom. The molecular weight excluding hydrogens is 350 g/mol. The molecule has 142 valence electrons. The highest BCUT2D eigenvalue weighted by atomic mass is 19.1. The zero-order chi connectivity index (χ0) is 19.0. The molecule has 1 saturated heterocycles. The highest BCUT2D eigenvalue weighted by Gasteiger charge is 2.52. The molecule has 0 unspecified atom stereocenters. The van der Waals surface area contributed by atoms with E-state index in [2.05, 4.69) is 10.6 Å². The van der Waals surface area contributed by atoms with Gasteiger partial charge in [0.25, 0.3) is 0 Å². The topological polar surface area (TPSA) is 61.4 Å². The highest BCUT2D eigenvalue weighted by molar-refractivity contribution is 5.79. The molecule has 4 rings (SSSR count). The van der Waals surface area contributed by atoms with Crippen LogP contribution in [0, 0.1) is 11.6 Å². The van der Waals surface area contributed by atoms with Gasteiger partial charge in [-0.2, -0.15) is 0 Å². The van der Waals surface area contributed by atoms with Crippen LogP contribution in [-0.2, 0) is 16.6 Å². The molecule has 4 nitrogen and oxygen atoms in total. The van der Waals surface area contributed by atoms with Gasteiger partial charge < -0.3 is 15.7 Å². The van der Waals surface area contributed by atoms with Gasteiger partial charge in [-0.1, -0.05) is 30.3 Å². The van der Waals surface area contributed by atoms with Crippen molar-refractivity contribution in [2.75, 3.05) is 13.1 Å². The van der Waals surface area contributed by atoms with Crippen LogP contribution in [0.2, 0.25) is 0 Å². The Labute approximate surface area is 156 Å². The van der Waals surface area contributed by atoms with Crippen molar-refractivity contribution in [3.8, 4) is 0 Å². The zero-order valence-electron chi connectivity index (χ0n) is 14.8. The lowest BCUT2D eigenvalue weighted by molar-refractivity contribution is -0.122. The van der Waals surface area contributed by atoms with E-state index in [9.17, 15) is 18.7 Å².